The molecule has 7 nitrogen and oxygen atoms in total. The Morgan fingerprint density at radius 2 is 1.77 bits per heavy atom. The molecule has 0 atom stereocenters. The number of carbonyl (C=O) groups is 3. The van der Waals surface area contributed by atoms with Crippen molar-refractivity contribution in [3.8, 4) is 0 Å². The number of rotatable bonds is 6. The van der Waals surface area contributed by atoms with Crippen LogP contribution in [-0.4, -0.2) is 79.4 Å². The number of carbonyl (C=O) groups excluding carboxylic acids is 3. The fraction of sp³-hybridized carbons (Fsp3) is 0.500. The Morgan fingerprint density at radius 1 is 1.17 bits per heavy atom. The second-order valence-corrected chi connectivity index (χ2v) is 8.68. The molecule has 0 radical (unpaired) electrons. The van der Waals surface area contributed by atoms with E-state index >= 15 is 0 Å². The summed E-state index contributed by atoms with van der Waals surface area (Å²) in [5.41, 5.74) is 0.454. The SMILES string of the molecule is CN(CC(=O)N1CC[NH+](CC(=O)NC(C)(C)C)CC1)C(=O)/C=C/c1ccc(F)cc1. The van der Waals surface area contributed by atoms with Crippen LogP contribution in [0.2, 0.25) is 0 Å². The number of amides is 3. The van der Waals surface area contributed by atoms with Gasteiger partial charge in [-0.25, -0.2) is 4.39 Å². The molecule has 0 aromatic heterocycles. The molecule has 1 fully saturated rings. The first-order valence-corrected chi connectivity index (χ1v) is 10.1. The maximum absolute atomic E-state index is 12.9. The van der Waals surface area contributed by atoms with E-state index in [-0.39, 0.29) is 35.6 Å². The van der Waals surface area contributed by atoms with Crippen molar-refractivity contribution in [1.82, 2.24) is 15.1 Å². The van der Waals surface area contributed by atoms with Gasteiger partial charge in [0.1, 0.15) is 5.82 Å². The molecule has 30 heavy (non-hydrogen) atoms. The minimum absolute atomic E-state index is 0.00751. The third-order valence-electron chi connectivity index (χ3n) is 4.79. The van der Waals surface area contributed by atoms with Crippen molar-refractivity contribution in [1.29, 1.82) is 0 Å². The van der Waals surface area contributed by atoms with Gasteiger partial charge in [-0.1, -0.05) is 12.1 Å². The highest BCUT2D eigenvalue weighted by atomic mass is 19.1. The zero-order valence-corrected chi connectivity index (χ0v) is 18.2. The highest BCUT2D eigenvalue weighted by Crippen LogP contribution is 2.05. The molecule has 0 unspecified atom stereocenters. The molecule has 0 aliphatic carbocycles. The summed E-state index contributed by atoms with van der Waals surface area (Å²) in [6.07, 6.45) is 2.96. The lowest BCUT2D eigenvalue weighted by Crippen LogP contribution is -3.16. The van der Waals surface area contributed by atoms with Crippen LogP contribution in [0, 0.1) is 5.82 Å². The van der Waals surface area contributed by atoms with E-state index < -0.39 is 0 Å². The van der Waals surface area contributed by atoms with Gasteiger partial charge in [0, 0.05) is 18.7 Å². The van der Waals surface area contributed by atoms with Gasteiger partial charge in [0.15, 0.2) is 6.54 Å². The van der Waals surface area contributed by atoms with Crippen LogP contribution in [0.4, 0.5) is 4.39 Å². The Hall–Kier alpha value is -2.74. The molecule has 1 aromatic rings. The summed E-state index contributed by atoms with van der Waals surface area (Å²) >= 11 is 0. The zero-order valence-electron chi connectivity index (χ0n) is 18.2. The first-order valence-electron chi connectivity index (χ1n) is 10.1. The van der Waals surface area contributed by atoms with E-state index in [1.54, 1.807) is 30.2 Å². The van der Waals surface area contributed by atoms with Gasteiger partial charge < -0.3 is 20.0 Å². The monoisotopic (exact) mass is 419 g/mol. The summed E-state index contributed by atoms with van der Waals surface area (Å²) in [7, 11) is 1.58. The molecule has 1 saturated heterocycles. The maximum atomic E-state index is 12.9. The second kappa shape index (κ2) is 10.3. The Bertz CT molecular complexity index is 779. The van der Waals surface area contributed by atoms with Gasteiger partial charge >= 0.3 is 0 Å². The largest absolute Gasteiger partial charge is 0.347 e. The lowest BCUT2D eigenvalue weighted by atomic mass is 10.1. The van der Waals surface area contributed by atoms with Gasteiger partial charge in [-0.3, -0.25) is 14.4 Å². The number of quaternary nitrogens is 1. The molecule has 2 N–H and O–H groups in total. The third-order valence-corrected chi connectivity index (χ3v) is 4.79. The highest BCUT2D eigenvalue weighted by Gasteiger charge is 2.27. The van der Waals surface area contributed by atoms with E-state index in [1.165, 1.54) is 23.1 Å². The summed E-state index contributed by atoms with van der Waals surface area (Å²) in [5.74, 6) is -0.733. The van der Waals surface area contributed by atoms with Crippen LogP contribution in [0.5, 0.6) is 0 Å². The minimum Gasteiger partial charge on any atom is -0.347 e. The molecule has 0 saturated carbocycles. The zero-order chi connectivity index (χ0) is 22.3. The molecule has 1 aliphatic heterocycles. The normalized spacial score (nSPS) is 15.3. The van der Waals surface area contributed by atoms with Crippen molar-refractivity contribution in [3.63, 3.8) is 0 Å². The topological polar surface area (TPSA) is 74.2 Å². The molecule has 1 aromatic carbocycles. The fourth-order valence-corrected chi connectivity index (χ4v) is 3.19. The molecular weight excluding hydrogens is 387 g/mol. The van der Waals surface area contributed by atoms with Crippen LogP contribution in [0.3, 0.4) is 0 Å². The van der Waals surface area contributed by atoms with E-state index in [2.05, 4.69) is 5.32 Å². The number of hydrogen-bond acceptors (Lipinski definition) is 3. The Morgan fingerprint density at radius 3 is 2.33 bits per heavy atom. The van der Waals surface area contributed by atoms with E-state index in [9.17, 15) is 18.8 Å². The highest BCUT2D eigenvalue weighted by molar-refractivity contribution is 5.94. The number of hydrogen-bond donors (Lipinski definition) is 2. The number of nitrogens with one attached hydrogen (secondary N) is 2. The number of benzene rings is 1. The summed E-state index contributed by atoms with van der Waals surface area (Å²) < 4.78 is 12.9. The maximum Gasteiger partial charge on any atom is 0.275 e. The predicted octanol–water partition coefficient (Wildman–Crippen LogP) is -0.0609. The van der Waals surface area contributed by atoms with Crippen LogP contribution < -0.4 is 10.2 Å². The van der Waals surface area contributed by atoms with Crippen LogP contribution in [-0.2, 0) is 14.4 Å². The van der Waals surface area contributed by atoms with Crippen molar-refractivity contribution in [2.24, 2.45) is 0 Å². The Balaban J connectivity index is 1.76. The van der Waals surface area contributed by atoms with Crippen molar-refractivity contribution in [2.45, 2.75) is 26.3 Å². The van der Waals surface area contributed by atoms with Gasteiger partial charge in [-0.2, -0.15) is 0 Å². The third kappa shape index (κ3) is 7.94. The summed E-state index contributed by atoms with van der Waals surface area (Å²) in [5, 5.41) is 2.96. The molecule has 1 aliphatic rings. The van der Waals surface area contributed by atoms with E-state index in [0.717, 1.165) is 4.90 Å². The Labute approximate surface area is 177 Å². The van der Waals surface area contributed by atoms with Gasteiger partial charge in [-0.05, 0) is 44.5 Å². The van der Waals surface area contributed by atoms with Gasteiger partial charge in [-0.15, -0.1) is 0 Å². The molecule has 2 rings (SSSR count). The number of piperazine rings is 1. The molecule has 0 spiro atoms. The average Bonchev–Trinajstić information content (AvgIpc) is 2.66. The van der Waals surface area contributed by atoms with Crippen molar-refractivity contribution in [2.75, 3.05) is 46.3 Å². The van der Waals surface area contributed by atoms with Gasteiger partial charge in [0.2, 0.25) is 11.8 Å². The smallest absolute Gasteiger partial charge is 0.275 e. The summed E-state index contributed by atoms with van der Waals surface area (Å²) in [6.45, 7) is 8.75. The predicted molar refractivity (Wildman–Crippen MR) is 113 cm³/mol. The number of halogens is 1. The van der Waals surface area contributed by atoms with E-state index in [1.807, 2.05) is 20.8 Å². The van der Waals surface area contributed by atoms with Crippen LogP contribution in [0.1, 0.15) is 26.3 Å². The second-order valence-electron chi connectivity index (χ2n) is 8.68. The summed E-state index contributed by atoms with van der Waals surface area (Å²) in [6, 6.07) is 5.80. The van der Waals surface area contributed by atoms with E-state index in [0.29, 0.717) is 38.3 Å². The molecule has 8 heteroatoms. The van der Waals surface area contributed by atoms with Crippen LogP contribution >= 0.6 is 0 Å². The number of likely N-dealkylation sites (N-methyl/N-ethyl adjacent to an activating group) is 1. The number of nitrogens with zero attached hydrogens (tertiary/aromatic N) is 2. The van der Waals surface area contributed by atoms with Crippen molar-refractivity contribution in [3.05, 3.63) is 41.7 Å². The molecule has 1 heterocycles. The van der Waals surface area contributed by atoms with Gasteiger partial charge in [0.05, 0.1) is 32.7 Å². The lowest BCUT2D eigenvalue weighted by molar-refractivity contribution is -0.896. The average molecular weight is 420 g/mol. The van der Waals surface area contributed by atoms with Crippen LogP contribution in [0.15, 0.2) is 30.3 Å². The molecular formula is C22H32FN4O3+. The quantitative estimate of drug-likeness (QED) is 0.635. The fourth-order valence-electron chi connectivity index (χ4n) is 3.19. The lowest BCUT2D eigenvalue weighted by Gasteiger charge is -2.33. The van der Waals surface area contributed by atoms with Crippen molar-refractivity contribution < 1.29 is 23.7 Å². The molecule has 164 valence electrons. The van der Waals surface area contributed by atoms with Crippen LogP contribution in [0.25, 0.3) is 6.08 Å². The van der Waals surface area contributed by atoms with Gasteiger partial charge in [0.25, 0.3) is 5.91 Å². The van der Waals surface area contributed by atoms with Crippen molar-refractivity contribution >= 4 is 23.8 Å². The standard InChI is InChI=1S/C22H31FN4O3/c1-22(2,3)24-19(28)15-26-11-13-27(14-12-26)21(30)16-25(4)20(29)10-7-17-5-8-18(23)9-6-17/h5-10H,11-16H2,1-4H3,(H,24,28)/p+1/b10-7+. The Kier molecular flexibility index (Phi) is 8.11. The molecule has 0 bridgehead atoms. The summed E-state index contributed by atoms with van der Waals surface area (Å²) in [4.78, 5) is 41.1. The minimum atomic E-state index is -0.335. The molecule has 3 amide bonds. The first kappa shape index (κ1) is 23.5. The first-order chi connectivity index (χ1) is 14.0. The van der Waals surface area contributed by atoms with E-state index in [4.69, 9.17) is 0 Å².